The number of carbonyl (C=O) groups is 1. The first kappa shape index (κ1) is 13.4. The van der Waals surface area contributed by atoms with Crippen molar-refractivity contribution in [1.29, 1.82) is 0 Å². The number of hydrogen-bond acceptors (Lipinski definition) is 2. The topological polar surface area (TPSA) is 57.5 Å². The quantitative estimate of drug-likeness (QED) is 0.568. The normalized spacial score (nSPS) is 12.7. The van der Waals surface area contributed by atoms with Crippen molar-refractivity contribution in [1.82, 2.24) is 0 Å². The molecule has 0 heterocycles. The highest BCUT2D eigenvalue weighted by Gasteiger charge is 2.02. The summed E-state index contributed by atoms with van der Waals surface area (Å²) in [6, 6.07) is 0. The van der Waals surface area contributed by atoms with Gasteiger partial charge in [0.2, 0.25) is 0 Å². The fourth-order valence-corrected chi connectivity index (χ4v) is 1.26. The van der Waals surface area contributed by atoms with Gasteiger partial charge in [-0.05, 0) is 12.8 Å². The molecule has 0 bridgehead atoms. The Labute approximate surface area is 83.9 Å². The van der Waals surface area contributed by atoms with Gasteiger partial charge in [-0.2, -0.15) is 0 Å². The second-order valence-corrected chi connectivity index (χ2v) is 3.51. The van der Waals surface area contributed by atoms with E-state index in [4.69, 9.17) is 10.2 Å². The van der Waals surface area contributed by atoms with Crippen LogP contribution in [0.2, 0.25) is 0 Å². The molecule has 0 saturated heterocycles. The molecule has 0 aliphatic rings. The monoisotopic (exact) mass is 206 g/mol. The molecule has 0 aromatic rings. The molecular formula is C10H19FO3. The SMILES string of the molecule is O=C(O)CCCCCCCC(O)CF. The van der Waals surface area contributed by atoms with Gasteiger partial charge >= 0.3 is 5.97 Å². The molecule has 84 valence electrons. The van der Waals surface area contributed by atoms with Gasteiger partial charge in [-0.25, -0.2) is 4.39 Å². The van der Waals surface area contributed by atoms with E-state index in [1.807, 2.05) is 0 Å². The van der Waals surface area contributed by atoms with Gasteiger partial charge in [0.1, 0.15) is 6.67 Å². The Bertz CT molecular complexity index is 150. The molecule has 3 nitrogen and oxygen atoms in total. The number of carboxylic acids is 1. The van der Waals surface area contributed by atoms with Gasteiger partial charge in [-0.1, -0.05) is 25.7 Å². The van der Waals surface area contributed by atoms with Crippen molar-refractivity contribution in [2.45, 2.75) is 51.0 Å². The van der Waals surface area contributed by atoms with Crippen molar-refractivity contribution < 1.29 is 19.4 Å². The summed E-state index contributed by atoms with van der Waals surface area (Å²) in [4.78, 5) is 10.1. The molecule has 1 atom stereocenters. The lowest BCUT2D eigenvalue weighted by Gasteiger charge is -2.04. The summed E-state index contributed by atoms with van der Waals surface area (Å²) in [5, 5.41) is 17.2. The van der Waals surface area contributed by atoms with Crippen LogP contribution in [-0.2, 0) is 4.79 Å². The van der Waals surface area contributed by atoms with Crippen molar-refractivity contribution in [3.05, 3.63) is 0 Å². The van der Waals surface area contributed by atoms with Crippen LogP contribution in [0.3, 0.4) is 0 Å². The summed E-state index contributed by atoms with van der Waals surface area (Å²) in [6.07, 6.45) is 4.26. The van der Waals surface area contributed by atoms with Gasteiger partial charge in [0, 0.05) is 6.42 Å². The maximum absolute atomic E-state index is 11.8. The van der Waals surface area contributed by atoms with Gasteiger partial charge in [-0.15, -0.1) is 0 Å². The van der Waals surface area contributed by atoms with E-state index in [-0.39, 0.29) is 6.42 Å². The molecule has 1 unspecified atom stereocenters. The zero-order chi connectivity index (χ0) is 10.8. The molecule has 0 aromatic heterocycles. The van der Waals surface area contributed by atoms with E-state index in [0.29, 0.717) is 12.8 Å². The first-order valence-electron chi connectivity index (χ1n) is 5.12. The molecule has 0 aliphatic heterocycles. The zero-order valence-corrected chi connectivity index (χ0v) is 8.41. The molecule has 2 N–H and O–H groups in total. The van der Waals surface area contributed by atoms with Gasteiger partial charge < -0.3 is 10.2 Å². The number of aliphatic carboxylic acids is 1. The average molecular weight is 206 g/mol. The number of hydrogen-bond donors (Lipinski definition) is 2. The van der Waals surface area contributed by atoms with Crippen LogP contribution >= 0.6 is 0 Å². The highest BCUT2D eigenvalue weighted by molar-refractivity contribution is 5.66. The molecule has 4 heteroatoms. The van der Waals surface area contributed by atoms with Crippen LogP contribution in [0.1, 0.15) is 44.9 Å². The van der Waals surface area contributed by atoms with E-state index in [1.165, 1.54) is 0 Å². The maximum Gasteiger partial charge on any atom is 0.303 e. The average Bonchev–Trinajstić information content (AvgIpc) is 2.15. The minimum Gasteiger partial charge on any atom is -0.481 e. The molecule has 0 aromatic carbocycles. The van der Waals surface area contributed by atoms with Crippen molar-refractivity contribution in [2.24, 2.45) is 0 Å². The van der Waals surface area contributed by atoms with E-state index in [2.05, 4.69) is 0 Å². The predicted octanol–water partition coefficient (Wildman–Crippen LogP) is 2.13. The van der Waals surface area contributed by atoms with Crippen molar-refractivity contribution in [3.8, 4) is 0 Å². The van der Waals surface area contributed by atoms with E-state index < -0.39 is 18.7 Å². The molecule has 14 heavy (non-hydrogen) atoms. The fraction of sp³-hybridized carbons (Fsp3) is 0.900. The van der Waals surface area contributed by atoms with Crippen molar-refractivity contribution in [2.75, 3.05) is 6.67 Å². The Balaban J connectivity index is 3.02. The van der Waals surface area contributed by atoms with Crippen LogP contribution in [0.4, 0.5) is 4.39 Å². The van der Waals surface area contributed by atoms with Crippen LogP contribution in [0.15, 0.2) is 0 Å². The van der Waals surface area contributed by atoms with Crippen molar-refractivity contribution in [3.63, 3.8) is 0 Å². The lowest BCUT2D eigenvalue weighted by atomic mass is 10.1. The third-order valence-electron chi connectivity index (χ3n) is 2.11. The third kappa shape index (κ3) is 9.45. The molecule has 0 saturated carbocycles. The molecule has 0 aliphatic carbocycles. The minimum atomic E-state index is -0.811. The minimum absolute atomic E-state index is 0.229. The Morgan fingerprint density at radius 2 is 1.71 bits per heavy atom. The number of rotatable bonds is 9. The summed E-state index contributed by atoms with van der Waals surface area (Å²) in [5.41, 5.74) is 0. The smallest absolute Gasteiger partial charge is 0.303 e. The van der Waals surface area contributed by atoms with Crippen LogP contribution in [-0.4, -0.2) is 29.0 Å². The third-order valence-corrected chi connectivity index (χ3v) is 2.11. The standard InChI is InChI=1S/C10H19FO3/c11-8-9(12)6-4-2-1-3-5-7-10(13)14/h9,12H,1-8H2,(H,13,14). The van der Waals surface area contributed by atoms with Gasteiger partial charge in [0.25, 0.3) is 0 Å². The summed E-state index contributed by atoms with van der Waals surface area (Å²) >= 11 is 0. The lowest BCUT2D eigenvalue weighted by Crippen LogP contribution is -2.07. The fourth-order valence-electron chi connectivity index (χ4n) is 1.26. The van der Waals surface area contributed by atoms with Crippen molar-refractivity contribution >= 4 is 5.97 Å². The van der Waals surface area contributed by atoms with E-state index in [0.717, 1.165) is 25.7 Å². The molecule has 0 spiro atoms. The second kappa shape index (κ2) is 8.94. The number of aliphatic hydroxyl groups is 1. The predicted molar refractivity (Wildman–Crippen MR) is 51.9 cm³/mol. The Kier molecular flexibility index (Phi) is 8.53. The van der Waals surface area contributed by atoms with Gasteiger partial charge in [0.05, 0.1) is 6.10 Å². The number of aliphatic hydroxyl groups excluding tert-OH is 1. The van der Waals surface area contributed by atoms with Crippen LogP contribution < -0.4 is 0 Å². The Hall–Kier alpha value is -0.640. The van der Waals surface area contributed by atoms with Crippen LogP contribution in [0.25, 0.3) is 0 Å². The first-order chi connectivity index (χ1) is 6.66. The molecule has 0 rings (SSSR count). The Morgan fingerprint density at radius 3 is 2.29 bits per heavy atom. The highest BCUT2D eigenvalue weighted by atomic mass is 19.1. The van der Waals surface area contributed by atoms with Crippen LogP contribution in [0.5, 0.6) is 0 Å². The Morgan fingerprint density at radius 1 is 1.14 bits per heavy atom. The second-order valence-electron chi connectivity index (χ2n) is 3.51. The van der Waals surface area contributed by atoms with Gasteiger partial charge in [0.15, 0.2) is 0 Å². The number of alkyl halides is 1. The largest absolute Gasteiger partial charge is 0.481 e. The lowest BCUT2D eigenvalue weighted by molar-refractivity contribution is -0.137. The first-order valence-corrected chi connectivity index (χ1v) is 5.12. The molecular weight excluding hydrogens is 187 g/mol. The maximum atomic E-state index is 11.8. The van der Waals surface area contributed by atoms with E-state index in [9.17, 15) is 9.18 Å². The molecule has 0 radical (unpaired) electrons. The number of halogens is 1. The van der Waals surface area contributed by atoms with E-state index >= 15 is 0 Å². The highest BCUT2D eigenvalue weighted by Crippen LogP contribution is 2.08. The van der Waals surface area contributed by atoms with Crippen LogP contribution in [0, 0.1) is 0 Å². The summed E-state index contributed by atoms with van der Waals surface area (Å²) in [6.45, 7) is -0.668. The summed E-state index contributed by atoms with van der Waals surface area (Å²) in [7, 11) is 0. The number of unbranched alkanes of at least 4 members (excludes halogenated alkanes) is 4. The summed E-state index contributed by atoms with van der Waals surface area (Å²) < 4.78 is 11.8. The number of carboxylic acid groups (broad SMARTS) is 1. The molecule has 0 amide bonds. The zero-order valence-electron chi connectivity index (χ0n) is 8.41. The van der Waals surface area contributed by atoms with E-state index in [1.54, 1.807) is 0 Å². The van der Waals surface area contributed by atoms with Gasteiger partial charge in [-0.3, -0.25) is 4.79 Å². The summed E-state index contributed by atoms with van der Waals surface area (Å²) in [5.74, 6) is -0.752. The molecule has 0 fully saturated rings.